The van der Waals surface area contributed by atoms with E-state index < -0.39 is 0 Å². The molecule has 1 unspecified atom stereocenters. The maximum Gasteiger partial charge on any atom is 0.328 e. The molecule has 1 N–H and O–H groups in total. The summed E-state index contributed by atoms with van der Waals surface area (Å²) in [7, 11) is 1.43. The van der Waals surface area contributed by atoms with Crippen LogP contribution < -0.4 is 5.32 Å². The van der Waals surface area contributed by atoms with E-state index >= 15 is 0 Å². The Labute approximate surface area is 107 Å². The van der Waals surface area contributed by atoms with Crippen molar-refractivity contribution >= 4 is 33.2 Å². The fourth-order valence-corrected chi connectivity index (χ4v) is 3.00. The Bertz CT molecular complexity index is 376. The third-order valence-electron chi connectivity index (χ3n) is 2.62. The molecule has 2 rings (SSSR count). The number of esters is 1. The first-order chi connectivity index (χ1) is 7.70. The van der Waals surface area contributed by atoms with Gasteiger partial charge < -0.3 is 4.74 Å². The molecule has 1 aromatic heterocycles. The number of hydrogen-bond acceptors (Lipinski definition) is 4. The fraction of sp³-hybridized carbons (Fsp3) is 0.545. The van der Waals surface area contributed by atoms with Crippen LogP contribution in [0.4, 0.5) is 0 Å². The lowest BCUT2D eigenvalue weighted by molar-refractivity contribution is -0.143. The Balaban J connectivity index is 2.03. The van der Waals surface area contributed by atoms with Gasteiger partial charge in [-0.1, -0.05) is 0 Å². The predicted octanol–water partition coefficient (Wildman–Crippen LogP) is 2.72. The molecule has 1 heterocycles. The summed E-state index contributed by atoms with van der Waals surface area (Å²) in [6.07, 6.45) is 2.55. The van der Waals surface area contributed by atoms with Crippen LogP contribution in [0.15, 0.2) is 15.9 Å². The van der Waals surface area contributed by atoms with E-state index in [0.29, 0.717) is 0 Å². The minimum absolute atomic E-state index is 0.213. The number of thiophene rings is 1. The van der Waals surface area contributed by atoms with Gasteiger partial charge in [0.2, 0.25) is 0 Å². The quantitative estimate of drug-likeness (QED) is 0.850. The van der Waals surface area contributed by atoms with Gasteiger partial charge >= 0.3 is 5.97 Å². The Morgan fingerprint density at radius 3 is 2.94 bits per heavy atom. The smallest absolute Gasteiger partial charge is 0.328 e. The van der Waals surface area contributed by atoms with Gasteiger partial charge in [0, 0.05) is 4.88 Å². The van der Waals surface area contributed by atoms with Gasteiger partial charge in [0.05, 0.1) is 10.9 Å². The molecule has 1 fully saturated rings. The lowest BCUT2D eigenvalue weighted by Gasteiger charge is -2.14. The molecular formula is C11H14BrNO2S. The van der Waals surface area contributed by atoms with Gasteiger partial charge in [-0.15, -0.1) is 11.3 Å². The molecule has 88 valence electrons. The highest BCUT2D eigenvalue weighted by Crippen LogP contribution is 2.31. The summed E-state index contributed by atoms with van der Waals surface area (Å²) in [5.74, 6) is 0.533. The van der Waals surface area contributed by atoms with E-state index in [1.165, 1.54) is 20.0 Å². The third-order valence-corrected chi connectivity index (χ3v) is 4.31. The molecule has 0 spiro atoms. The van der Waals surface area contributed by atoms with Crippen molar-refractivity contribution in [1.82, 2.24) is 5.32 Å². The Morgan fingerprint density at radius 1 is 1.69 bits per heavy atom. The topological polar surface area (TPSA) is 38.3 Å². The zero-order valence-corrected chi connectivity index (χ0v) is 11.4. The molecule has 16 heavy (non-hydrogen) atoms. The second-order valence-electron chi connectivity index (χ2n) is 3.95. The molecule has 0 radical (unpaired) electrons. The lowest BCUT2D eigenvalue weighted by Crippen LogP contribution is -2.30. The highest BCUT2D eigenvalue weighted by molar-refractivity contribution is 9.11. The summed E-state index contributed by atoms with van der Waals surface area (Å²) in [5.41, 5.74) is 0. The minimum atomic E-state index is -0.318. The number of carbonyl (C=O) groups excluding carboxylic acids is 1. The van der Waals surface area contributed by atoms with Crippen molar-refractivity contribution in [2.45, 2.75) is 18.9 Å². The maximum absolute atomic E-state index is 11.7. The molecule has 1 aliphatic carbocycles. The minimum Gasteiger partial charge on any atom is -0.468 e. The predicted molar refractivity (Wildman–Crippen MR) is 67.5 cm³/mol. The Morgan fingerprint density at radius 2 is 2.44 bits per heavy atom. The van der Waals surface area contributed by atoms with E-state index in [0.717, 1.165) is 21.1 Å². The highest BCUT2D eigenvalue weighted by Gasteiger charge is 2.27. The molecule has 1 aromatic rings. The van der Waals surface area contributed by atoms with Gasteiger partial charge in [-0.05, 0) is 53.4 Å². The second kappa shape index (κ2) is 5.29. The van der Waals surface area contributed by atoms with Crippen molar-refractivity contribution in [1.29, 1.82) is 0 Å². The molecular weight excluding hydrogens is 290 g/mol. The summed E-state index contributed by atoms with van der Waals surface area (Å²) in [5, 5.41) is 3.28. The second-order valence-corrected chi connectivity index (χ2v) is 6.44. The fourth-order valence-electron chi connectivity index (χ4n) is 1.51. The van der Waals surface area contributed by atoms with Crippen molar-refractivity contribution in [3.05, 3.63) is 20.8 Å². The highest BCUT2D eigenvalue weighted by atomic mass is 79.9. The largest absolute Gasteiger partial charge is 0.468 e. The van der Waals surface area contributed by atoms with Crippen molar-refractivity contribution in [3.63, 3.8) is 0 Å². The average Bonchev–Trinajstić information content (AvgIpc) is 3.01. The van der Waals surface area contributed by atoms with E-state index in [9.17, 15) is 4.79 Å². The Kier molecular flexibility index (Phi) is 4.00. The monoisotopic (exact) mass is 303 g/mol. The van der Waals surface area contributed by atoms with Gasteiger partial charge in [0.15, 0.2) is 0 Å². The van der Waals surface area contributed by atoms with Gasteiger partial charge in [-0.2, -0.15) is 0 Å². The SMILES string of the molecule is COC(=O)C(NCC1CC1)c1ccc(Br)s1. The van der Waals surface area contributed by atoms with Crippen LogP contribution in [-0.2, 0) is 9.53 Å². The zero-order chi connectivity index (χ0) is 11.5. The first-order valence-electron chi connectivity index (χ1n) is 5.27. The number of hydrogen-bond donors (Lipinski definition) is 1. The van der Waals surface area contributed by atoms with Gasteiger partial charge in [-0.3, -0.25) is 5.32 Å². The molecule has 1 saturated carbocycles. The van der Waals surface area contributed by atoms with Crippen LogP contribution in [0.2, 0.25) is 0 Å². The van der Waals surface area contributed by atoms with Gasteiger partial charge in [-0.25, -0.2) is 4.79 Å². The van der Waals surface area contributed by atoms with E-state index in [1.54, 1.807) is 11.3 Å². The van der Waals surface area contributed by atoms with Crippen LogP contribution in [0.25, 0.3) is 0 Å². The summed E-state index contributed by atoms with van der Waals surface area (Å²) in [6.45, 7) is 0.898. The summed E-state index contributed by atoms with van der Waals surface area (Å²) in [6, 6.07) is 3.59. The number of carbonyl (C=O) groups is 1. The molecule has 0 aromatic carbocycles. The number of ether oxygens (including phenoxy) is 1. The van der Waals surface area contributed by atoms with Crippen molar-refractivity contribution in [3.8, 4) is 0 Å². The van der Waals surface area contributed by atoms with Crippen LogP contribution in [0, 0.1) is 5.92 Å². The van der Waals surface area contributed by atoms with E-state index in [4.69, 9.17) is 4.74 Å². The summed E-state index contributed by atoms with van der Waals surface area (Å²) < 4.78 is 5.85. The molecule has 3 nitrogen and oxygen atoms in total. The van der Waals surface area contributed by atoms with Crippen LogP contribution in [0.5, 0.6) is 0 Å². The molecule has 0 aliphatic heterocycles. The first kappa shape index (κ1) is 12.1. The van der Waals surface area contributed by atoms with Crippen molar-refractivity contribution < 1.29 is 9.53 Å². The summed E-state index contributed by atoms with van der Waals surface area (Å²) in [4.78, 5) is 12.7. The van der Waals surface area contributed by atoms with Gasteiger partial charge in [0.1, 0.15) is 6.04 Å². The van der Waals surface area contributed by atoms with Crippen molar-refractivity contribution in [2.75, 3.05) is 13.7 Å². The molecule has 0 amide bonds. The van der Waals surface area contributed by atoms with E-state index in [2.05, 4.69) is 21.2 Å². The van der Waals surface area contributed by atoms with Crippen LogP contribution >= 0.6 is 27.3 Å². The number of rotatable bonds is 5. The first-order valence-corrected chi connectivity index (χ1v) is 6.88. The molecule has 0 saturated heterocycles. The van der Waals surface area contributed by atoms with Gasteiger partial charge in [0.25, 0.3) is 0 Å². The van der Waals surface area contributed by atoms with Crippen LogP contribution in [-0.4, -0.2) is 19.6 Å². The summed E-state index contributed by atoms with van der Waals surface area (Å²) >= 11 is 4.97. The van der Waals surface area contributed by atoms with Crippen LogP contribution in [0.1, 0.15) is 23.8 Å². The standard InChI is InChI=1S/C11H14BrNO2S/c1-15-11(14)10(13-6-7-2-3-7)8-4-5-9(12)16-8/h4-5,7,10,13H,2-3,6H2,1H3. The van der Waals surface area contributed by atoms with E-state index in [1.807, 2.05) is 12.1 Å². The van der Waals surface area contributed by atoms with E-state index in [-0.39, 0.29) is 12.0 Å². The molecule has 1 atom stereocenters. The number of methoxy groups -OCH3 is 1. The number of halogens is 1. The zero-order valence-electron chi connectivity index (χ0n) is 9.03. The van der Waals surface area contributed by atoms with Crippen LogP contribution in [0.3, 0.4) is 0 Å². The molecule has 1 aliphatic rings. The average molecular weight is 304 g/mol. The third kappa shape index (κ3) is 3.06. The molecule has 5 heteroatoms. The molecule has 0 bridgehead atoms. The lowest BCUT2D eigenvalue weighted by atomic mass is 10.2. The number of nitrogens with one attached hydrogen (secondary N) is 1. The maximum atomic E-state index is 11.7. The van der Waals surface area contributed by atoms with Crippen molar-refractivity contribution in [2.24, 2.45) is 5.92 Å². The normalized spacial score (nSPS) is 17.1. The Hall–Kier alpha value is -0.390.